The van der Waals surface area contributed by atoms with Gasteiger partial charge in [-0.3, -0.25) is 0 Å². The molecule has 1 aliphatic heterocycles. The Labute approximate surface area is 189 Å². The second kappa shape index (κ2) is 8.73. The van der Waals surface area contributed by atoms with Crippen LogP contribution >= 0.6 is 0 Å². The highest BCUT2D eigenvalue weighted by Gasteiger charge is 2.33. The number of ether oxygens (including phenoxy) is 2. The zero-order valence-electron chi connectivity index (χ0n) is 18.6. The third kappa shape index (κ3) is 4.24. The van der Waals surface area contributed by atoms with E-state index in [1.54, 1.807) is 0 Å². The zero-order chi connectivity index (χ0) is 22.0. The van der Waals surface area contributed by atoms with E-state index in [1.807, 2.05) is 18.2 Å². The van der Waals surface area contributed by atoms with Crippen LogP contribution in [0.2, 0.25) is 0 Å². The summed E-state index contributed by atoms with van der Waals surface area (Å²) in [5.74, 6) is 0.807. The van der Waals surface area contributed by atoms with Crippen molar-refractivity contribution in [2.75, 3.05) is 13.2 Å². The highest BCUT2D eigenvalue weighted by molar-refractivity contribution is 5.79. The highest BCUT2D eigenvalue weighted by Crippen LogP contribution is 2.38. The molecule has 0 unspecified atom stereocenters. The summed E-state index contributed by atoms with van der Waals surface area (Å²) < 4.78 is 14.6. The molecule has 4 heteroatoms. The first-order valence-electron chi connectivity index (χ1n) is 11.1. The molecule has 4 nitrogen and oxygen atoms in total. The Morgan fingerprint density at radius 1 is 0.781 bits per heavy atom. The molecule has 0 amide bonds. The summed E-state index contributed by atoms with van der Waals surface area (Å²) in [5.41, 5.74) is 5.43. The standard InChI is InChI=1S/C28H28N2O2/c1-28(2)19-31-27(32-20-28)26-29-24(22-14-8-4-9-15-22)25(23-16-10-5-11-17-23)30(26)18-21-12-6-3-7-13-21/h3-17,27H,18-20H2,1-2H3. The largest absolute Gasteiger partial charge is 0.345 e. The van der Waals surface area contributed by atoms with Crippen molar-refractivity contribution in [3.05, 3.63) is 102 Å². The predicted molar refractivity (Wildman–Crippen MR) is 127 cm³/mol. The number of hydrogen-bond acceptors (Lipinski definition) is 3. The third-order valence-corrected chi connectivity index (χ3v) is 5.74. The maximum Gasteiger partial charge on any atom is 0.217 e. The maximum atomic E-state index is 6.19. The molecule has 0 radical (unpaired) electrons. The number of rotatable bonds is 5. The van der Waals surface area contributed by atoms with Crippen molar-refractivity contribution in [3.63, 3.8) is 0 Å². The van der Waals surface area contributed by atoms with E-state index in [9.17, 15) is 0 Å². The van der Waals surface area contributed by atoms with Crippen molar-refractivity contribution in [2.24, 2.45) is 5.41 Å². The lowest BCUT2D eigenvalue weighted by molar-refractivity contribution is -0.230. The fraction of sp³-hybridized carbons (Fsp3) is 0.250. The third-order valence-electron chi connectivity index (χ3n) is 5.74. The average Bonchev–Trinajstić information content (AvgIpc) is 3.20. The molecule has 3 aromatic carbocycles. The van der Waals surface area contributed by atoms with Crippen LogP contribution in [0.5, 0.6) is 0 Å². The van der Waals surface area contributed by atoms with E-state index in [4.69, 9.17) is 14.5 Å². The van der Waals surface area contributed by atoms with Gasteiger partial charge in [0.25, 0.3) is 0 Å². The quantitative estimate of drug-likeness (QED) is 0.375. The average molecular weight is 425 g/mol. The van der Waals surface area contributed by atoms with E-state index >= 15 is 0 Å². The van der Waals surface area contributed by atoms with Crippen molar-refractivity contribution >= 4 is 0 Å². The van der Waals surface area contributed by atoms with E-state index in [-0.39, 0.29) is 5.41 Å². The topological polar surface area (TPSA) is 36.3 Å². The molecule has 0 bridgehead atoms. The molecule has 1 fully saturated rings. The maximum absolute atomic E-state index is 6.19. The molecule has 1 aromatic heterocycles. The van der Waals surface area contributed by atoms with Gasteiger partial charge in [-0.15, -0.1) is 0 Å². The van der Waals surface area contributed by atoms with Gasteiger partial charge in [-0.05, 0) is 5.56 Å². The van der Waals surface area contributed by atoms with E-state index in [2.05, 4.69) is 91.2 Å². The van der Waals surface area contributed by atoms with Crippen molar-refractivity contribution in [1.82, 2.24) is 9.55 Å². The van der Waals surface area contributed by atoms with Gasteiger partial charge in [-0.1, -0.05) is 105 Å². The van der Waals surface area contributed by atoms with Gasteiger partial charge in [-0.2, -0.15) is 0 Å². The Hall–Kier alpha value is -3.21. The molecular formula is C28H28N2O2. The molecule has 2 heterocycles. The van der Waals surface area contributed by atoms with Gasteiger partial charge in [0.2, 0.25) is 6.29 Å². The molecule has 4 aromatic rings. The minimum atomic E-state index is -0.494. The van der Waals surface area contributed by atoms with Crippen LogP contribution in [0.4, 0.5) is 0 Å². The number of hydrogen-bond donors (Lipinski definition) is 0. The molecule has 0 atom stereocenters. The SMILES string of the molecule is CC1(C)COC(c2nc(-c3ccccc3)c(-c3ccccc3)n2Cc2ccccc2)OC1. The lowest BCUT2D eigenvalue weighted by Gasteiger charge is -2.34. The monoisotopic (exact) mass is 424 g/mol. The summed E-state index contributed by atoms with van der Waals surface area (Å²) in [5, 5.41) is 0. The van der Waals surface area contributed by atoms with Crippen LogP contribution in [0, 0.1) is 5.41 Å². The van der Waals surface area contributed by atoms with E-state index < -0.39 is 6.29 Å². The van der Waals surface area contributed by atoms with Gasteiger partial charge in [0, 0.05) is 23.1 Å². The summed E-state index contributed by atoms with van der Waals surface area (Å²) in [6, 6.07) is 31.3. The number of imidazole rings is 1. The van der Waals surface area contributed by atoms with E-state index in [0.29, 0.717) is 19.8 Å². The van der Waals surface area contributed by atoms with Crippen LogP contribution in [0.3, 0.4) is 0 Å². The van der Waals surface area contributed by atoms with Gasteiger partial charge in [0.05, 0.1) is 24.6 Å². The van der Waals surface area contributed by atoms with Crippen LogP contribution in [-0.4, -0.2) is 22.8 Å². The van der Waals surface area contributed by atoms with Gasteiger partial charge < -0.3 is 14.0 Å². The van der Waals surface area contributed by atoms with Crippen LogP contribution in [-0.2, 0) is 16.0 Å². The molecule has 1 aliphatic rings. The van der Waals surface area contributed by atoms with Gasteiger partial charge in [-0.25, -0.2) is 4.98 Å². The summed E-state index contributed by atoms with van der Waals surface area (Å²) in [4.78, 5) is 5.14. The summed E-state index contributed by atoms with van der Waals surface area (Å²) >= 11 is 0. The van der Waals surface area contributed by atoms with Crippen molar-refractivity contribution < 1.29 is 9.47 Å². The molecule has 0 N–H and O–H groups in total. The first kappa shape index (κ1) is 20.7. The Morgan fingerprint density at radius 2 is 1.31 bits per heavy atom. The minimum Gasteiger partial charge on any atom is -0.345 e. The first-order chi connectivity index (χ1) is 15.6. The van der Waals surface area contributed by atoms with Crippen molar-refractivity contribution in [1.29, 1.82) is 0 Å². The smallest absolute Gasteiger partial charge is 0.217 e. The summed E-state index contributed by atoms with van der Waals surface area (Å²) in [6.07, 6.45) is -0.494. The fourth-order valence-corrected chi connectivity index (χ4v) is 4.10. The van der Waals surface area contributed by atoms with Gasteiger partial charge in [0.15, 0.2) is 5.82 Å². The highest BCUT2D eigenvalue weighted by atomic mass is 16.7. The lowest BCUT2D eigenvalue weighted by Crippen LogP contribution is -2.34. The Kier molecular flexibility index (Phi) is 5.64. The van der Waals surface area contributed by atoms with E-state index in [1.165, 1.54) is 5.56 Å². The molecular weight excluding hydrogens is 396 g/mol. The normalized spacial score (nSPS) is 16.2. The molecule has 32 heavy (non-hydrogen) atoms. The molecule has 162 valence electrons. The first-order valence-corrected chi connectivity index (χ1v) is 11.1. The molecule has 0 saturated carbocycles. The Bertz CT molecular complexity index is 1160. The summed E-state index contributed by atoms with van der Waals surface area (Å²) in [6.45, 7) is 6.27. The van der Waals surface area contributed by atoms with Gasteiger partial charge in [0.1, 0.15) is 0 Å². The Morgan fingerprint density at radius 3 is 1.91 bits per heavy atom. The molecule has 0 spiro atoms. The lowest BCUT2D eigenvalue weighted by atomic mass is 9.96. The van der Waals surface area contributed by atoms with Crippen LogP contribution < -0.4 is 0 Å². The van der Waals surface area contributed by atoms with Crippen LogP contribution in [0.25, 0.3) is 22.5 Å². The molecule has 5 rings (SSSR count). The molecule has 0 aliphatic carbocycles. The molecule has 1 saturated heterocycles. The van der Waals surface area contributed by atoms with Crippen LogP contribution in [0.15, 0.2) is 91.0 Å². The minimum absolute atomic E-state index is 0.00211. The fourth-order valence-electron chi connectivity index (χ4n) is 4.10. The van der Waals surface area contributed by atoms with E-state index in [0.717, 1.165) is 28.3 Å². The summed E-state index contributed by atoms with van der Waals surface area (Å²) in [7, 11) is 0. The number of nitrogens with zero attached hydrogens (tertiary/aromatic N) is 2. The number of benzene rings is 3. The second-order valence-corrected chi connectivity index (χ2v) is 9.09. The Balaban J connectivity index is 1.69. The predicted octanol–water partition coefficient (Wildman–Crippen LogP) is 6.34. The number of aromatic nitrogens is 2. The van der Waals surface area contributed by atoms with Crippen molar-refractivity contribution in [3.8, 4) is 22.5 Å². The second-order valence-electron chi connectivity index (χ2n) is 9.09. The van der Waals surface area contributed by atoms with Crippen molar-refractivity contribution in [2.45, 2.75) is 26.7 Å². The van der Waals surface area contributed by atoms with Crippen LogP contribution in [0.1, 0.15) is 31.5 Å². The van der Waals surface area contributed by atoms with Gasteiger partial charge >= 0.3 is 0 Å². The zero-order valence-corrected chi connectivity index (χ0v) is 18.6.